The summed E-state index contributed by atoms with van der Waals surface area (Å²) in [5, 5.41) is 0.981. The van der Waals surface area contributed by atoms with Gasteiger partial charge < -0.3 is 9.15 Å². The molecule has 5 heteroatoms. The molecule has 0 saturated carbocycles. The molecule has 26 heavy (non-hydrogen) atoms. The molecule has 4 rings (SSSR count). The fourth-order valence-electron chi connectivity index (χ4n) is 3.54. The van der Waals surface area contributed by atoms with Crippen molar-refractivity contribution in [2.24, 2.45) is 0 Å². The van der Waals surface area contributed by atoms with Gasteiger partial charge in [0.05, 0.1) is 12.1 Å². The second-order valence-electron chi connectivity index (χ2n) is 6.71. The van der Waals surface area contributed by atoms with Crippen LogP contribution >= 0.6 is 0 Å². The Morgan fingerprint density at radius 1 is 1.15 bits per heavy atom. The van der Waals surface area contributed by atoms with Crippen molar-refractivity contribution in [3.63, 3.8) is 0 Å². The van der Waals surface area contributed by atoms with Gasteiger partial charge in [-0.2, -0.15) is 0 Å². The molecule has 2 aromatic carbocycles. The second kappa shape index (κ2) is 6.92. The molecule has 1 aliphatic rings. The number of benzene rings is 2. The largest absolute Gasteiger partial charge is 0.445 e. The zero-order chi connectivity index (χ0) is 18.1. The molecule has 0 saturated heterocycles. The number of quaternary nitrogens is 1. The Hall–Kier alpha value is -2.66. The van der Waals surface area contributed by atoms with Crippen molar-refractivity contribution in [2.75, 3.05) is 13.3 Å². The van der Waals surface area contributed by atoms with Crippen LogP contribution in [0.3, 0.4) is 0 Å². The Kier molecular flexibility index (Phi) is 4.47. The fraction of sp³-hybridized carbons (Fsp3) is 0.286. The van der Waals surface area contributed by atoms with E-state index in [1.165, 1.54) is 17.0 Å². The van der Waals surface area contributed by atoms with Gasteiger partial charge in [0.2, 0.25) is 6.73 Å². The molecule has 1 unspecified atom stereocenters. The summed E-state index contributed by atoms with van der Waals surface area (Å²) >= 11 is 0. The van der Waals surface area contributed by atoms with E-state index in [2.05, 4.69) is 0 Å². The van der Waals surface area contributed by atoms with E-state index in [1.54, 1.807) is 6.07 Å². The Morgan fingerprint density at radius 2 is 1.96 bits per heavy atom. The minimum Gasteiger partial charge on any atom is -0.445 e. The number of ether oxygens (including phenoxy) is 1. The lowest BCUT2D eigenvalue weighted by Crippen LogP contribution is -3.12. The van der Waals surface area contributed by atoms with Gasteiger partial charge in [-0.1, -0.05) is 19.1 Å². The van der Waals surface area contributed by atoms with Crippen LogP contribution in [0.4, 0.5) is 4.39 Å². The zero-order valence-corrected chi connectivity index (χ0v) is 14.7. The summed E-state index contributed by atoms with van der Waals surface area (Å²) < 4.78 is 24.5. The van der Waals surface area contributed by atoms with Crippen LogP contribution in [0.25, 0.3) is 11.0 Å². The highest BCUT2D eigenvalue weighted by atomic mass is 19.1. The topological polar surface area (TPSA) is 43.9 Å². The van der Waals surface area contributed by atoms with Crippen molar-refractivity contribution in [3.8, 4) is 5.75 Å². The van der Waals surface area contributed by atoms with Gasteiger partial charge in [-0.05, 0) is 41.8 Å². The van der Waals surface area contributed by atoms with Crippen molar-refractivity contribution in [1.29, 1.82) is 0 Å². The lowest BCUT2D eigenvalue weighted by Gasteiger charge is -2.26. The van der Waals surface area contributed by atoms with Crippen molar-refractivity contribution < 1.29 is 18.4 Å². The summed E-state index contributed by atoms with van der Waals surface area (Å²) in [5.41, 5.74) is 3.38. The van der Waals surface area contributed by atoms with Crippen LogP contribution in [0.2, 0.25) is 0 Å². The van der Waals surface area contributed by atoms with Crippen LogP contribution in [0.1, 0.15) is 23.6 Å². The number of aryl methyl sites for hydroxylation is 1. The second-order valence-corrected chi connectivity index (χ2v) is 6.71. The first-order chi connectivity index (χ1) is 12.6. The normalized spacial score (nSPS) is 16.3. The van der Waals surface area contributed by atoms with Crippen molar-refractivity contribution in [2.45, 2.75) is 26.3 Å². The molecule has 1 atom stereocenters. The van der Waals surface area contributed by atoms with Crippen molar-refractivity contribution >= 4 is 11.0 Å². The summed E-state index contributed by atoms with van der Waals surface area (Å²) in [6.07, 6.45) is 1.62. The van der Waals surface area contributed by atoms with E-state index in [-0.39, 0.29) is 11.4 Å². The molecule has 0 radical (unpaired) electrons. The van der Waals surface area contributed by atoms with E-state index in [9.17, 15) is 9.18 Å². The van der Waals surface area contributed by atoms with Gasteiger partial charge in [0.15, 0.2) is 5.58 Å². The van der Waals surface area contributed by atoms with E-state index in [0.717, 1.165) is 53.8 Å². The lowest BCUT2D eigenvalue weighted by atomic mass is 10.0. The molecule has 0 spiro atoms. The molecule has 1 aliphatic heterocycles. The van der Waals surface area contributed by atoms with Crippen LogP contribution in [-0.4, -0.2) is 13.3 Å². The van der Waals surface area contributed by atoms with Crippen LogP contribution in [0.5, 0.6) is 5.75 Å². The van der Waals surface area contributed by atoms with E-state index in [0.29, 0.717) is 12.3 Å². The van der Waals surface area contributed by atoms with Gasteiger partial charge >= 0.3 is 5.63 Å². The maximum absolute atomic E-state index is 13.0. The quantitative estimate of drug-likeness (QED) is 0.732. The molecular weight excluding hydrogens is 333 g/mol. The predicted octanol–water partition coefficient (Wildman–Crippen LogP) is 2.47. The monoisotopic (exact) mass is 354 g/mol. The summed E-state index contributed by atoms with van der Waals surface area (Å²) in [7, 11) is 0. The highest BCUT2D eigenvalue weighted by Crippen LogP contribution is 2.30. The SMILES string of the molecule is CCc1cc(=O)oc2c3c(ccc12)OC[NH+](CCc1ccc(F)cc1)C3. The average Bonchev–Trinajstić information content (AvgIpc) is 2.66. The van der Waals surface area contributed by atoms with Crippen LogP contribution in [0.15, 0.2) is 51.7 Å². The van der Waals surface area contributed by atoms with Gasteiger partial charge in [0, 0.05) is 17.9 Å². The third-order valence-electron chi connectivity index (χ3n) is 4.98. The summed E-state index contributed by atoms with van der Waals surface area (Å²) in [5.74, 6) is 0.573. The third kappa shape index (κ3) is 3.22. The number of rotatable bonds is 4. The molecule has 1 N–H and O–H groups in total. The van der Waals surface area contributed by atoms with Gasteiger partial charge in [-0.3, -0.25) is 4.90 Å². The smallest absolute Gasteiger partial charge is 0.336 e. The predicted molar refractivity (Wildman–Crippen MR) is 97.0 cm³/mol. The van der Waals surface area contributed by atoms with Crippen molar-refractivity contribution in [1.82, 2.24) is 0 Å². The molecule has 0 aliphatic carbocycles. The summed E-state index contributed by atoms with van der Waals surface area (Å²) in [6.45, 7) is 4.20. The average molecular weight is 354 g/mol. The fourth-order valence-corrected chi connectivity index (χ4v) is 3.54. The number of hydrogen-bond acceptors (Lipinski definition) is 3. The molecular formula is C21H21FNO3+. The number of fused-ring (bicyclic) bond motifs is 3. The Morgan fingerprint density at radius 3 is 2.73 bits per heavy atom. The van der Waals surface area contributed by atoms with E-state index >= 15 is 0 Å². The van der Waals surface area contributed by atoms with Gasteiger partial charge in [0.1, 0.15) is 18.1 Å². The molecule has 0 amide bonds. The number of hydrogen-bond donors (Lipinski definition) is 1. The minimum atomic E-state index is -0.318. The summed E-state index contributed by atoms with van der Waals surface area (Å²) in [6, 6.07) is 12.1. The highest BCUT2D eigenvalue weighted by Gasteiger charge is 2.24. The minimum absolute atomic E-state index is 0.218. The third-order valence-corrected chi connectivity index (χ3v) is 4.98. The molecule has 0 fully saturated rings. The molecule has 4 nitrogen and oxygen atoms in total. The molecule has 134 valence electrons. The van der Waals surface area contributed by atoms with Crippen LogP contribution in [-0.2, 0) is 19.4 Å². The first-order valence-corrected chi connectivity index (χ1v) is 8.93. The zero-order valence-electron chi connectivity index (χ0n) is 14.7. The van der Waals surface area contributed by atoms with Crippen LogP contribution in [0, 0.1) is 5.82 Å². The van der Waals surface area contributed by atoms with E-state index in [1.807, 2.05) is 31.2 Å². The maximum atomic E-state index is 13.0. The molecule has 3 aromatic rings. The lowest BCUT2D eigenvalue weighted by molar-refractivity contribution is -0.932. The standard InChI is InChI=1S/C21H20FNO3/c1-2-15-11-20(24)26-21-17(15)7-8-19-18(21)12-23(13-25-19)10-9-14-3-5-16(22)6-4-14/h3-8,11H,2,9-10,12-13H2,1H3/p+1. The Balaban J connectivity index is 1.60. The maximum Gasteiger partial charge on any atom is 0.336 e. The van der Waals surface area contributed by atoms with E-state index in [4.69, 9.17) is 9.15 Å². The number of halogens is 1. The first-order valence-electron chi connectivity index (χ1n) is 8.93. The Bertz CT molecular complexity index is 995. The first kappa shape index (κ1) is 16.8. The van der Waals surface area contributed by atoms with Gasteiger partial charge in [-0.25, -0.2) is 9.18 Å². The molecule has 1 aromatic heterocycles. The van der Waals surface area contributed by atoms with E-state index < -0.39 is 0 Å². The van der Waals surface area contributed by atoms with Gasteiger partial charge in [-0.15, -0.1) is 0 Å². The van der Waals surface area contributed by atoms with Crippen molar-refractivity contribution in [3.05, 3.63) is 75.4 Å². The Labute approximate surface area is 150 Å². The van der Waals surface area contributed by atoms with Crippen LogP contribution < -0.4 is 15.3 Å². The highest BCUT2D eigenvalue weighted by molar-refractivity contribution is 5.85. The number of nitrogens with one attached hydrogen (secondary N) is 1. The van der Waals surface area contributed by atoms with Gasteiger partial charge in [0.25, 0.3) is 0 Å². The summed E-state index contributed by atoms with van der Waals surface area (Å²) in [4.78, 5) is 13.2. The molecule has 0 bridgehead atoms. The molecule has 2 heterocycles.